The molecule has 5 rings (SSSR count). The Morgan fingerprint density at radius 2 is 1.79 bits per heavy atom. The van der Waals surface area contributed by atoms with Gasteiger partial charge in [-0.2, -0.15) is 0 Å². The van der Waals surface area contributed by atoms with Crippen LogP contribution in [0.2, 0.25) is 5.02 Å². The van der Waals surface area contributed by atoms with Crippen LogP contribution in [0.3, 0.4) is 0 Å². The highest BCUT2D eigenvalue weighted by atomic mass is 35.5. The molecule has 1 atom stereocenters. The van der Waals surface area contributed by atoms with Crippen LogP contribution in [0.4, 0.5) is 0 Å². The van der Waals surface area contributed by atoms with E-state index in [0.717, 1.165) is 45.8 Å². The van der Waals surface area contributed by atoms with Crippen molar-refractivity contribution in [3.8, 4) is 5.75 Å². The molecule has 0 radical (unpaired) electrons. The van der Waals surface area contributed by atoms with Crippen molar-refractivity contribution in [2.45, 2.75) is 20.0 Å². The Balaban J connectivity index is 1.58. The van der Waals surface area contributed by atoms with E-state index in [-0.39, 0.29) is 5.63 Å². The van der Waals surface area contributed by atoms with E-state index < -0.39 is 0 Å². The van der Waals surface area contributed by atoms with Crippen LogP contribution < -0.4 is 15.3 Å². The third kappa shape index (κ3) is 2.86. The van der Waals surface area contributed by atoms with Gasteiger partial charge in [0.1, 0.15) is 24.4 Å². The number of hydrogen-bond donors (Lipinski definition) is 1. The standard InChI is InChI=1S/C23H18ClNO3/c1-14-21-16(12-25(13-27-21)11-15-6-8-17(24)9-7-15)10-20-18-4-2-3-5-19(18)23(26)28-22(14)20/h2-10H,11-13H2,1H3/p+1. The first-order valence-electron chi connectivity index (χ1n) is 9.29. The van der Waals surface area contributed by atoms with Crippen molar-refractivity contribution in [1.29, 1.82) is 0 Å². The van der Waals surface area contributed by atoms with E-state index in [0.29, 0.717) is 17.7 Å². The summed E-state index contributed by atoms with van der Waals surface area (Å²) in [5, 5.41) is 3.23. The molecular weight excluding hydrogens is 374 g/mol. The molecule has 28 heavy (non-hydrogen) atoms. The van der Waals surface area contributed by atoms with Gasteiger partial charge in [-0.25, -0.2) is 4.79 Å². The Labute approximate surface area is 166 Å². The van der Waals surface area contributed by atoms with Crippen molar-refractivity contribution in [3.05, 3.63) is 86.7 Å². The topological polar surface area (TPSA) is 43.9 Å². The fourth-order valence-corrected chi connectivity index (χ4v) is 4.18. The zero-order valence-corrected chi connectivity index (χ0v) is 16.2. The lowest BCUT2D eigenvalue weighted by Gasteiger charge is -2.27. The van der Waals surface area contributed by atoms with E-state index in [1.807, 2.05) is 43.3 Å². The molecule has 0 spiro atoms. The number of benzene rings is 3. The highest BCUT2D eigenvalue weighted by Gasteiger charge is 2.25. The van der Waals surface area contributed by atoms with Crippen molar-refractivity contribution in [2.75, 3.05) is 6.73 Å². The summed E-state index contributed by atoms with van der Waals surface area (Å²) >= 11 is 5.99. The zero-order chi connectivity index (χ0) is 19.3. The van der Waals surface area contributed by atoms with E-state index in [1.165, 1.54) is 10.5 Å². The molecule has 0 aliphatic carbocycles. The Bertz CT molecular complexity index is 1260. The molecule has 4 nitrogen and oxygen atoms in total. The van der Waals surface area contributed by atoms with E-state index in [4.69, 9.17) is 20.8 Å². The number of aryl methyl sites for hydroxylation is 1. The second kappa shape index (κ2) is 6.66. The summed E-state index contributed by atoms with van der Waals surface area (Å²) < 4.78 is 11.7. The van der Waals surface area contributed by atoms with Crippen LogP contribution >= 0.6 is 11.6 Å². The summed E-state index contributed by atoms with van der Waals surface area (Å²) in [6.07, 6.45) is 0. The molecule has 2 heterocycles. The normalized spacial score (nSPS) is 16.1. The van der Waals surface area contributed by atoms with Crippen molar-refractivity contribution in [1.82, 2.24) is 0 Å². The number of ether oxygens (including phenoxy) is 1. The van der Waals surface area contributed by atoms with Gasteiger partial charge in [0.2, 0.25) is 6.73 Å². The Kier molecular flexibility index (Phi) is 4.11. The second-order valence-corrected chi connectivity index (χ2v) is 7.76. The summed E-state index contributed by atoms with van der Waals surface area (Å²) in [6.45, 7) is 4.24. The number of fused-ring (bicyclic) bond motifs is 4. The largest absolute Gasteiger partial charge is 0.444 e. The lowest BCUT2D eigenvalue weighted by Crippen LogP contribution is -3.10. The van der Waals surface area contributed by atoms with Gasteiger partial charge >= 0.3 is 5.63 Å². The van der Waals surface area contributed by atoms with Crippen LogP contribution in [0.5, 0.6) is 5.75 Å². The van der Waals surface area contributed by atoms with Gasteiger partial charge in [0.15, 0.2) is 0 Å². The summed E-state index contributed by atoms with van der Waals surface area (Å²) in [7, 11) is 0. The van der Waals surface area contributed by atoms with Gasteiger partial charge in [0.05, 0.1) is 5.39 Å². The van der Waals surface area contributed by atoms with Crippen molar-refractivity contribution in [2.24, 2.45) is 0 Å². The highest BCUT2D eigenvalue weighted by Crippen LogP contribution is 2.34. The molecule has 0 fully saturated rings. The smallest absolute Gasteiger partial charge is 0.344 e. The van der Waals surface area contributed by atoms with Gasteiger partial charge in [-0.05, 0) is 36.6 Å². The summed E-state index contributed by atoms with van der Waals surface area (Å²) in [5.74, 6) is 0.839. The van der Waals surface area contributed by atoms with E-state index in [2.05, 4.69) is 18.2 Å². The fourth-order valence-electron chi connectivity index (χ4n) is 4.06. The Morgan fingerprint density at radius 3 is 2.57 bits per heavy atom. The van der Waals surface area contributed by atoms with Crippen LogP contribution in [-0.4, -0.2) is 6.73 Å². The molecule has 0 saturated carbocycles. The maximum absolute atomic E-state index is 12.4. The molecular formula is C23H19ClNO3+. The number of halogens is 1. The average molecular weight is 393 g/mol. The first-order valence-corrected chi connectivity index (χ1v) is 9.67. The molecule has 4 aromatic rings. The van der Waals surface area contributed by atoms with Crippen molar-refractivity contribution >= 4 is 33.3 Å². The molecule has 1 aliphatic heterocycles. The molecule has 1 aromatic heterocycles. The lowest BCUT2D eigenvalue weighted by molar-refractivity contribution is -0.945. The SMILES string of the molecule is Cc1c2c(cc3c1oc(=O)c1ccccc13)C[NH+](Cc1ccc(Cl)cc1)CO2. The molecule has 3 aromatic carbocycles. The Morgan fingerprint density at radius 1 is 1.04 bits per heavy atom. The molecule has 140 valence electrons. The number of rotatable bonds is 2. The molecule has 0 bridgehead atoms. The number of nitrogens with one attached hydrogen (secondary N) is 1. The molecule has 1 unspecified atom stereocenters. The molecule has 1 N–H and O–H groups in total. The first-order chi connectivity index (χ1) is 13.6. The van der Waals surface area contributed by atoms with E-state index in [9.17, 15) is 4.79 Å². The quantitative estimate of drug-likeness (QED) is 0.416. The predicted molar refractivity (Wildman–Crippen MR) is 110 cm³/mol. The second-order valence-electron chi connectivity index (χ2n) is 7.32. The maximum atomic E-state index is 12.4. The summed E-state index contributed by atoms with van der Waals surface area (Å²) in [6, 6.07) is 17.7. The summed E-state index contributed by atoms with van der Waals surface area (Å²) in [5.41, 5.74) is 3.56. The predicted octanol–water partition coefficient (Wildman–Crippen LogP) is 3.84. The van der Waals surface area contributed by atoms with Gasteiger partial charge in [-0.15, -0.1) is 0 Å². The van der Waals surface area contributed by atoms with Crippen LogP contribution in [-0.2, 0) is 13.1 Å². The monoisotopic (exact) mass is 392 g/mol. The van der Waals surface area contributed by atoms with Crippen LogP contribution in [0.25, 0.3) is 21.7 Å². The van der Waals surface area contributed by atoms with Gasteiger partial charge in [0, 0.05) is 27.1 Å². The van der Waals surface area contributed by atoms with Crippen LogP contribution in [0, 0.1) is 6.92 Å². The van der Waals surface area contributed by atoms with Gasteiger partial charge in [0.25, 0.3) is 0 Å². The molecule has 5 heteroatoms. The maximum Gasteiger partial charge on any atom is 0.344 e. The van der Waals surface area contributed by atoms with Crippen LogP contribution in [0.1, 0.15) is 16.7 Å². The minimum atomic E-state index is -0.308. The minimum Gasteiger partial charge on any atom is -0.444 e. The summed E-state index contributed by atoms with van der Waals surface area (Å²) in [4.78, 5) is 13.7. The van der Waals surface area contributed by atoms with Crippen molar-refractivity contribution < 1.29 is 14.1 Å². The molecule has 0 amide bonds. The van der Waals surface area contributed by atoms with Crippen molar-refractivity contribution in [3.63, 3.8) is 0 Å². The van der Waals surface area contributed by atoms with E-state index >= 15 is 0 Å². The third-order valence-corrected chi connectivity index (χ3v) is 5.65. The first kappa shape index (κ1) is 17.3. The number of quaternary nitrogens is 1. The zero-order valence-electron chi connectivity index (χ0n) is 15.4. The van der Waals surface area contributed by atoms with E-state index in [1.54, 1.807) is 0 Å². The molecule has 0 saturated heterocycles. The molecule has 1 aliphatic rings. The third-order valence-electron chi connectivity index (χ3n) is 5.40. The fraction of sp³-hybridized carbons (Fsp3) is 0.174. The minimum absolute atomic E-state index is 0.308. The van der Waals surface area contributed by atoms with Gasteiger partial charge < -0.3 is 9.15 Å². The number of hydrogen-bond acceptors (Lipinski definition) is 3. The van der Waals surface area contributed by atoms with Gasteiger partial charge in [-0.3, -0.25) is 4.90 Å². The van der Waals surface area contributed by atoms with Crippen LogP contribution in [0.15, 0.2) is 63.8 Å². The van der Waals surface area contributed by atoms with Gasteiger partial charge in [-0.1, -0.05) is 41.9 Å². The highest BCUT2D eigenvalue weighted by molar-refractivity contribution is 6.30. The Hall–Kier alpha value is -2.82. The lowest BCUT2D eigenvalue weighted by atomic mass is 10.00. The average Bonchev–Trinajstić information content (AvgIpc) is 2.71.